The van der Waals surface area contributed by atoms with Crippen molar-refractivity contribution in [2.45, 2.75) is 31.3 Å². The van der Waals surface area contributed by atoms with Crippen LogP contribution in [-0.2, 0) is 17.6 Å². The highest BCUT2D eigenvalue weighted by molar-refractivity contribution is 5.34. The van der Waals surface area contributed by atoms with Crippen LogP contribution >= 0.6 is 0 Å². The number of fused-ring (bicyclic) bond motifs is 1. The Labute approximate surface area is 107 Å². The largest absolute Gasteiger partial charge is 0.388 e. The Kier molecular flexibility index (Phi) is 2.65. The molecule has 1 saturated heterocycles. The lowest BCUT2D eigenvalue weighted by Gasteiger charge is -2.42. The van der Waals surface area contributed by atoms with Gasteiger partial charge in [0.1, 0.15) is 5.41 Å². The van der Waals surface area contributed by atoms with Crippen molar-refractivity contribution in [1.29, 1.82) is 5.26 Å². The van der Waals surface area contributed by atoms with Crippen molar-refractivity contribution >= 4 is 0 Å². The van der Waals surface area contributed by atoms with Crippen molar-refractivity contribution in [2.75, 3.05) is 13.2 Å². The fourth-order valence-electron chi connectivity index (χ4n) is 3.25. The van der Waals surface area contributed by atoms with E-state index in [9.17, 15) is 10.4 Å². The SMILES string of the molecule is N#CC1(C2(O)CCc3ccccc3C2)CCOC1. The number of aliphatic hydroxyl groups is 1. The average Bonchev–Trinajstić information content (AvgIpc) is 2.89. The number of aryl methyl sites for hydroxylation is 1. The van der Waals surface area contributed by atoms with Crippen LogP contribution in [0.4, 0.5) is 0 Å². The van der Waals surface area contributed by atoms with Crippen LogP contribution in [0, 0.1) is 16.7 Å². The maximum atomic E-state index is 11.0. The van der Waals surface area contributed by atoms with Gasteiger partial charge < -0.3 is 9.84 Å². The number of hydrogen-bond acceptors (Lipinski definition) is 3. The Morgan fingerprint density at radius 2 is 2.00 bits per heavy atom. The molecule has 1 aliphatic carbocycles. The summed E-state index contributed by atoms with van der Waals surface area (Å²) in [6, 6.07) is 10.5. The molecule has 2 atom stereocenters. The summed E-state index contributed by atoms with van der Waals surface area (Å²) in [4.78, 5) is 0. The highest BCUT2D eigenvalue weighted by Crippen LogP contribution is 2.46. The molecule has 0 spiro atoms. The third kappa shape index (κ3) is 1.57. The van der Waals surface area contributed by atoms with Gasteiger partial charge in [-0.1, -0.05) is 24.3 Å². The second-order valence-electron chi connectivity index (χ2n) is 5.47. The van der Waals surface area contributed by atoms with Crippen molar-refractivity contribution in [3.63, 3.8) is 0 Å². The predicted octanol–water partition coefficient (Wildman–Crippen LogP) is 1.84. The quantitative estimate of drug-likeness (QED) is 0.818. The summed E-state index contributed by atoms with van der Waals surface area (Å²) in [5.41, 5.74) is 0.814. The van der Waals surface area contributed by atoms with Crippen LogP contribution in [0.1, 0.15) is 24.0 Å². The minimum Gasteiger partial charge on any atom is -0.388 e. The molecule has 1 heterocycles. The summed E-state index contributed by atoms with van der Waals surface area (Å²) in [6.07, 6.45) is 2.71. The zero-order valence-electron chi connectivity index (χ0n) is 10.4. The maximum absolute atomic E-state index is 11.0. The fourth-order valence-corrected chi connectivity index (χ4v) is 3.25. The molecular formula is C15H17NO2. The van der Waals surface area contributed by atoms with Gasteiger partial charge in [0.15, 0.2) is 0 Å². The third-order valence-corrected chi connectivity index (χ3v) is 4.54. The third-order valence-electron chi connectivity index (χ3n) is 4.54. The molecule has 1 aromatic carbocycles. The van der Waals surface area contributed by atoms with E-state index in [-0.39, 0.29) is 0 Å². The molecular weight excluding hydrogens is 226 g/mol. The Hall–Kier alpha value is -1.37. The van der Waals surface area contributed by atoms with Gasteiger partial charge in [-0.05, 0) is 30.4 Å². The second-order valence-corrected chi connectivity index (χ2v) is 5.47. The molecule has 2 aliphatic rings. The van der Waals surface area contributed by atoms with Crippen molar-refractivity contribution in [1.82, 2.24) is 0 Å². The number of hydrogen-bond donors (Lipinski definition) is 1. The van der Waals surface area contributed by atoms with E-state index in [0.717, 1.165) is 6.42 Å². The molecule has 1 N–H and O–H groups in total. The van der Waals surface area contributed by atoms with Crippen molar-refractivity contribution in [3.05, 3.63) is 35.4 Å². The lowest BCUT2D eigenvalue weighted by molar-refractivity contribution is -0.0680. The average molecular weight is 243 g/mol. The summed E-state index contributed by atoms with van der Waals surface area (Å²) >= 11 is 0. The summed E-state index contributed by atoms with van der Waals surface area (Å²) in [6.45, 7) is 0.944. The van der Waals surface area contributed by atoms with E-state index in [2.05, 4.69) is 18.2 Å². The molecule has 0 radical (unpaired) electrons. The normalized spacial score (nSPS) is 34.9. The minimum absolute atomic E-state index is 0.363. The van der Waals surface area contributed by atoms with Gasteiger partial charge in [0, 0.05) is 13.0 Å². The van der Waals surface area contributed by atoms with Crippen LogP contribution in [0.3, 0.4) is 0 Å². The van der Waals surface area contributed by atoms with E-state index >= 15 is 0 Å². The molecule has 1 fully saturated rings. The van der Waals surface area contributed by atoms with Gasteiger partial charge >= 0.3 is 0 Å². The molecule has 0 bridgehead atoms. The zero-order valence-corrected chi connectivity index (χ0v) is 10.4. The topological polar surface area (TPSA) is 53.2 Å². The first kappa shape index (κ1) is 11.7. The molecule has 0 saturated carbocycles. The first-order valence-electron chi connectivity index (χ1n) is 6.47. The van der Waals surface area contributed by atoms with Crippen LogP contribution in [0.2, 0.25) is 0 Å². The van der Waals surface area contributed by atoms with E-state index in [0.29, 0.717) is 32.5 Å². The van der Waals surface area contributed by atoms with Crippen LogP contribution in [0.5, 0.6) is 0 Å². The van der Waals surface area contributed by atoms with Crippen molar-refractivity contribution in [3.8, 4) is 6.07 Å². The summed E-state index contributed by atoms with van der Waals surface area (Å²) in [5, 5.41) is 20.5. The minimum atomic E-state index is -0.938. The molecule has 1 aliphatic heterocycles. The molecule has 1 aromatic rings. The van der Waals surface area contributed by atoms with E-state index in [1.54, 1.807) is 0 Å². The van der Waals surface area contributed by atoms with Gasteiger partial charge in [-0.3, -0.25) is 0 Å². The monoisotopic (exact) mass is 243 g/mol. The molecule has 0 amide bonds. The van der Waals surface area contributed by atoms with Crippen molar-refractivity contribution in [2.24, 2.45) is 5.41 Å². The lowest BCUT2D eigenvalue weighted by atomic mass is 9.64. The van der Waals surface area contributed by atoms with Gasteiger partial charge in [-0.15, -0.1) is 0 Å². The van der Waals surface area contributed by atoms with Gasteiger partial charge in [0.05, 0.1) is 18.3 Å². The number of nitrogens with zero attached hydrogens (tertiary/aromatic N) is 1. The number of ether oxygens (including phenoxy) is 1. The first-order valence-corrected chi connectivity index (χ1v) is 6.47. The van der Waals surface area contributed by atoms with Crippen LogP contribution in [0.25, 0.3) is 0 Å². The van der Waals surface area contributed by atoms with Gasteiger partial charge in [-0.2, -0.15) is 5.26 Å². The van der Waals surface area contributed by atoms with E-state index in [4.69, 9.17) is 4.74 Å². The summed E-state index contributed by atoms with van der Waals surface area (Å²) in [5.74, 6) is 0. The van der Waals surface area contributed by atoms with Gasteiger partial charge in [-0.25, -0.2) is 0 Å². The predicted molar refractivity (Wildman–Crippen MR) is 66.9 cm³/mol. The fraction of sp³-hybridized carbons (Fsp3) is 0.533. The highest BCUT2D eigenvalue weighted by atomic mass is 16.5. The highest BCUT2D eigenvalue weighted by Gasteiger charge is 2.54. The van der Waals surface area contributed by atoms with Crippen molar-refractivity contribution < 1.29 is 9.84 Å². The molecule has 3 heteroatoms. The van der Waals surface area contributed by atoms with Crippen LogP contribution in [0.15, 0.2) is 24.3 Å². The molecule has 3 rings (SSSR count). The molecule has 0 aromatic heterocycles. The molecule has 3 nitrogen and oxygen atoms in total. The molecule has 94 valence electrons. The van der Waals surface area contributed by atoms with E-state index < -0.39 is 11.0 Å². The molecule has 18 heavy (non-hydrogen) atoms. The summed E-state index contributed by atoms with van der Waals surface area (Å²) in [7, 11) is 0. The van der Waals surface area contributed by atoms with Gasteiger partial charge in [0.2, 0.25) is 0 Å². The number of rotatable bonds is 1. The van der Waals surface area contributed by atoms with Crippen LogP contribution < -0.4 is 0 Å². The Morgan fingerprint density at radius 3 is 2.67 bits per heavy atom. The smallest absolute Gasteiger partial charge is 0.112 e. The number of benzene rings is 1. The van der Waals surface area contributed by atoms with E-state index in [1.165, 1.54) is 11.1 Å². The second kappa shape index (κ2) is 4.08. The van der Waals surface area contributed by atoms with E-state index in [1.807, 2.05) is 12.1 Å². The maximum Gasteiger partial charge on any atom is 0.112 e. The van der Waals surface area contributed by atoms with Crippen LogP contribution in [-0.4, -0.2) is 23.9 Å². The standard InChI is InChI=1S/C15H17NO2/c16-10-14(7-8-18-11-14)15(17)6-5-12-3-1-2-4-13(12)9-15/h1-4,17H,5-9,11H2. The molecule has 2 unspecified atom stereocenters. The number of nitriles is 1. The first-order chi connectivity index (χ1) is 8.69. The Bertz CT molecular complexity index is 499. The lowest BCUT2D eigenvalue weighted by Crippen LogP contribution is -2.51. The zero-order chi connectivity index (χ0) is 12.6. The van der Waals surface area contributed by atoms with Gasteiger partial charge in [0.25, 0.3) is 0 Å². The Balaban J connectivity index is 1.96. The summed E-state index contributed by atoms with van der Waals surface area (Å²) < 4.78 is 5.38. The Morgan fingerprint density at radius 1 is 1.22 bits per heavy atom.